The van der Waals surface area contributed by atoms with Gasteiger partial charge < -0.3 is 9.30 Å². The molecule has 2 aromatic heterocycles. The zero-order valence-electron chi connectivity index (χ0n) is 18.7. The van der Waals surface area contributed by atoms with Crippen molar-refractivity contribution in [1.29, 1.82) is 0 Å². The van der Waals surface area contributed by atoms with Crippen LogP contribution in [-0.2, 0) is 30.9 Å². The summed E-state index contributed by atoms with van der Waals surface area (Å²) in [6.07, 6.45) is 1.76. The Morgan fingerprint density at radius 1 is 1.21 bits per heavy atom. The number of carbonyl (C=O) groups excluding carboxylic acids is 2. The Morgan fingerprint density at radius 2 is 2.00 bits per heavy atom. The number of esters is 1. The van der Waals surface area contributed by atoms with Gasteiger partial charge in [0.15, 0.2) is 4.80 Å². The van der Waals surface area contributed by atoms with Gasteiger partial charge in [0, 0.05) is 6.54 Å². The van der Waals surface area contributed by atoms with Gasteiger partial charge in [-0.2, -0.15) is 9.30 Å². The molecule has 0 spiro atoms. The summed E-state index contributed by atoms with van der Waals surface area (Å²) in [5.74, 6) is -0.986. The van der Waals surface area contributed by atoms with E-state index in [1.165, 1.54) is 27.8 Å². The van der Waals surface area contributed by atoms with Crippen LogP contribution in [-0.4, -0.2) is 48.4 Å². The highest BCUT2D eigenvalue weighted by molar-refractivity contribution is 7.91. The lowest BCUT2D eigenvalue weighted by Crippen LogP contribution is -2.47. The minimum atomic E-state index is -3.89. The molecular weight excluding hydrogens is 518 g/mol. The number of piperidine rings is 1. The van der Waals surface area contributed by atoms with Gasteiger partial charge in [-0.05, 0) is 56.5 Å². The second-order valence-corrected chi connectivity index (χ2v) is 12.7. The molecule has 0 N–H and O–H groups in total. The Bertz CT molecular complexity index is 1410. The topological polar surface area (TPSA) is 98.0 Å². The molecule has 1 aliphatic heterocycles. The number of nitrogens with zero attached hydrogens (tertiary/aromatic N) is 3. The highest BCUT2D eigenvalue weighted by atomic mass is 35.5. The van der Waals surface area contributed by atoms with Gasteiger partial charge in [-0.3, -0.25) is 9.59 Å². The summed E-state index contributed by atoms with van der Waals surface area (Å²) >= 11 is 8.20. The molecule has 1 aromatic carbocycles. The number of halogens is 1. The maximum Gasteiger partial charge on any atom is 0.326 e. The average molecular weight is 542 g/mol. The summed E-state index contributed by atoms with van der Waals surface area (Å²) in [6, 6.07) is 7.83. The highest BCUT2D eigenvalue weighted by Crippen LogP contribution is 2.32. The molecule has 0 bridgehead atoms. The first-order valence-corrected chi connectivity index (χ1v) is 14.3. The SMILES string of the molecule is CCOC(=O)Cn1c(=NC(=O)C2CCCCN2S(=O)(=O)c2ccc(Cl)s2)sc2cc(C)ccc21. The first-order valence-electron chi connectivity index (χ1n) is 10.8. The number of rotatable bonds is 6. The smallest absolute Gasteiger partial charge is 0.326 e. The van der Waals surface area contributed by atoms with Gasteiger partial charge >= 0.3 is 5.97 Å². The van der Waals surface area contributed by atoms with Crippen LogP contribution in [0.25, 0.3) is 10.2 Å². The van der Waals surface area contributed by atoms with Crippen molar-refractivity contribution in [3.8, 4) is 0 Å². The molecule has 34 heavy (non-hydrogen) atoms. The van der Waals surface area contributed by atoms with Crippen molar-refractivity contribution in [2.75, 3.05) is 13.2 Å². The molecule has 12 heteroatoms. The molecule has 1 atom stereocenters. The number of carbonyl (C=O) groups is 2. The summed E-state index contributed by atoms with van der Waals surface area (Å²) in [4.78, 5) is 30.3. The number of aryl methyl sites for hydroxylation is 1. The van der Waals surface area contributed by atoms with E-state index in [-0.39, 0.29) is 23.9 Å². The molecule has 1 fully saturated rings. The number of ether oxygens (including phenoxy) is 1. The fourth-order valence-corrected chi connectivity index (χ4v) is 8.31. The van der Waals surface area contributed by atoms with E-state index in [9.17, 15) is 18.0 Å². The van der Waals surface area contributed by atoms with E-state index in [1.54, 1.807) is 11.5 Å². The number of hydrogen-bond acceptors (Lipinski definition) is 7. The summed E-state index contributed by atoms with van der Waals surface area (Å²) in [6.45, 7) is 4.07. The Hall–Kier alpha value is -2.05. The molecule has 182 valence electrons. The quantitative estimate of drug-likeness (QED) is 0.440. The first kappa shape index (κ1) is 25.1. The fourth-order valence-electron chi connectivity index (χ4n) is 3.91. The molecule has 8 nitrogen and oxygen atoms in total. The van der Waals surface area contributed by atoms with E-state index < -0.39 is 27.9 Å². The van der Waals surface area contributed by atoms with E-state index in [0.717, 1.165) is 33.5 Å². The molecule has 1 saturated heterocycles. The maximum atomic E-state index is 13.4. The zero-order chi connectivity index (χ0) is 24.5. The lowest BCUT2D eigenvalue weighted by atomic mass is 10.0. The fraction of sp³-hybridized carbons (Fsp3) is 0.409. The number of aromatic nitrogens is 1. The normalized spacial score (nSPS) is 17.9. The van der Waals surface area contributed by atoms with Crippen molar-refractivity contribution in [2.45, 2.75) is 49.9 Å². The lowest BCUT2D eigenvalue weighted by molar-refractivity contribution is -0.143. The van der Waals surface area contributed by atoms with Gasteiger partial charge in [-0.25, -0.2) is 8.42 Å². The van der Waals surface area contributed by atoms with Crippen LogP contribution < -0.4 is 4.80 Å². The summed E-state index contributed by atoms with van der Waals surface area (Å²) in [5.41, 5.74) is 1.80. The van der Waals surface area contributed by atoms with Crippen molar-refractivity contribution in [1.82, 2.24) is 8.87 Å². The predicted molar refractivity (Wildman–Crippen MR) is 133 cm³/mol. The molecule has 0 aliphatic carbocycles. The van der Waals surface area contributed by atoms with Gasteiger partial charge in [-0.15, -0.1) is 11.3 Å². The van der Waals surface area contributed by atoms with E-state index in [0.29, 0.717) is 22.0 Å². The summed E-state index contributed by atoms with van der Waals surface area (Å²) in [5, 5.41) is 0. The van der Waals surface area contributed by atoms with E-state index in [1.807, 2.05) is 25.1 Å². The Balaban J connectivity index is 1.74. The monoisotopic (exact) mass is 541 g/mol. The third-order valence-electron chi connectivity index (χ3n) is 5.49. The van der Waals surface area contributed by atoms with Gasteiger partial charge in [-0.1, -0.05) is 35.4 Å². The minimum absolute atomic E-state index is 0.0939. The first-order chi connectivity index (χ1) is 16.2. The van der Waals surface area contributed by atoms with Gasteiger partial charge in [0.1, 0.15) is 16.8 Å². The second kappa shape index (κ2) is 10.3. The average Bonchev–Trinajstić information content (AvgIpc) is 3.37. The van der Waals surface area contributed by atoms with Crippen molar-refractivity contribution in [3.05, 3.63) is 45.0 Å². The molecule has 3 heterocycles. The number of amides is 1. The number of thiazole rings is 1. The van der Waals surface area contributed by atoms with E-state index in [2.05, 4.69) is 4.99 Å². The van der Waals surface area contributed by atoms with Gasteiger partial charge in [0.25, 0.3) is 15.9 Å². The minimum Gasteiger partial charge on any atom is -0.465 e. The zero-order valence-corrected chi connectivity index (χ0v) is 21.9. The van der Waals surface area contributed by atoms with Crippen molar-refractivity contribution >= 4 is 66.4 Å². The predicted octanol–water partition coefficient (Wildman–Crippen LogP) is 3.96. The Labute approximate surface area is 210 Å². The highest BCUT2D eigenvalue weighted by Gasteiger charge is 2.38. The summed E-state index contributed by atoms with van der Waals surface area (Å²) in [7, 11) is -3.89. The molecule has 4 rings (SSSR count). The van der Waals surface area contributed by atoms with Gasteiger partial charge in [0.05, 0.1) is 21.2 Å². The third kappa shape index (κ3) is 5.13. The van der Waals surface area contributed by atoms with Crippen molar-refractivity contribution in [3.63, 3.8) is 0 Å². The van der Waals surface area contributed by atoms with Crippen LogP contribution in [0.5, 0.6) is 0 Å². The molecule has 1 unspecified atom stereocenters. The van der Waals surface area contributed by atoms with E-state index >= 15 is 0 Å². The number of sulfonamides is 1. The number of fused-ring (bicyclic) bond motifs is 1. The van der Waals surface area contributed by atoms with E-state index in [4.69, 9.17) is 16.3 Å². The number of thiophene rings is 1. The number of hydrogen-bond donors (Lipinski definition) is 0. The lowest BCUT2D eigenvalue weighted by Gasteiger charge is -2.31. The molecule has 0 saturated carbocycles. The van der Waals surface area contributed by atoms with Crippen LogP contribution >= 0.6 is 34.3 Å². The molecule has 3 aromatic rings. The Kier molecular flexibility index (Phi) is 7.58. The third-order valence-corrected chi connectivity index (χ3v) is 10.1. The van der Waals surface area contributed by atoms with Crippen LogP contribution in [0.3, 0.4) is 0 Å². The Morgan fingerprint density at radius 3 is 2.71 bits per heavy atom. The number of benzene rings is 1. The van der Waals surface area contributed by atoms with Crippen LogP contribution in [0.1, 0.15) is 31.7 Å². The van der Waals surface area contributed by atoms with Crippen LogP contribution in [0, 0.1) is 6.92 Å². The van der Waals surface area contributed by atoms with Gasteiger partial charge in [0.2, 0.25) is 0 Å². The molecular formula is C22H24ClN3O5S3. The standard InChI is InChI=1S/C22H24ClN3O5S3/c1-3-31-19(27)13-25-15-8-7-14(2)12-17(15)32-22(25)24-21(28)16-6-4-5-11-26(16)34(29,30)20-10-9-18(23)33-20/h7-10,12,16H,3-6,11,13H2,1-2H3. The van der Waals surface area contributed by atoms with Crippen molar-refractivity contribution < 1.29 is 22.7 Å². The molecule has 1 aliphatic rings. The van der Waals surface area contributed by atoms with Crippen LogP contribution in [0.2, 0.25) is 4.34 Å². The molecule has 1 amide bonds. The van der Waals surface area contributed by atoms with Crippen molar-refractivity contribution in [2.24, 2.45) is 4.99 Å². The van der Waals surface area contributed by atoms with Crippen LogP contribution in [0.4, 0.5) is 0 Å². The maximum absolute atomic E-state index is 13.4. The summed E-state index contributed by atoms with van der Waals surface area (Å²) < 4.78 is 35.8. The molecule has 0 radical (unpaired) electrons. The van der Waals surface area contributed by atoms with Crippen LogP contribution in [0.15, 0.2) is 39.5 Å². The largest absolute Gasteiger partial charge is 0.465 e. The second-order valence-electron chi connectivity index (χ2n) is 7.88.